The van der Waals surface area contributed by atoms with Crippen molar-refractivity contribution in [3.63, 3.8) is 0 Å². The van der Waals surface area contributed by atoms with Gasteiger partial charge in [0, 0.05) is 6.04 Å². The summed E-state index contributed by atoms with van der Waals surface area (Å²) in [6.07, 6.45) is 11.2. The molecule has 0 bridgehead atoms. The average Bonchev–Trinajstić information content (AvgIpc) is 3.42. The van der Waals surface area contributed by atoms with Gasteiger partial charge < -0.3 is 4.90 Å². The molecule has 4 heterocycles. The zero-order valence-corrected chi connectivity index (χ0v) is 17.0. The fraction of sp³-hybridized carbons (Fsp3) is 0.500. The highest BCUT2D eigenvalue weighted by molar-refractivity contribution is 9.10. The van der Waals surface area contributed by atoms with E-state index < -0.39 is 0 Å². The third-order valence-electron chi connectivity index (χ3n) is 5.62. The normalized spacial score (nSPS) is 19.4. The van der Waals surface area contributed by atoms with Crippen LogP contribution in [0.1, 0.15) is 56.7 Å². The Morgan fingerprint density at radius 3 is 2.70 bits per heavy atom. The average molecular weight is 429 g/mol. The second-order valence-electron chi connectivity index (χ2n) is 7.18. The van der Waals surface area contributed by atoms with E-state index in [-0.39, 0.29) is 6.04 Å². The van der Waals surface area contributed by atoms with E-state index in [2.05, 4.69) is 52.5 Å². The standard InChI is InChI=1S/C18H21BrN8/c1-3-13-17-24-23-11(2)26(17)14-8-21-18(25-10-20-9-15(25)19)22-16(14)27(13)12-6-4-5-7-12/h8-10,12-13H,3-7H2,1-2H3/t13-/m1/s1. The third kappa shape index (κ3) is 2.51. The summed E-state index contributed by atoms with van der Waals surface area (Å²) in [5.41, 5.74) is 0.962. The third-order valence-corrected chi connectivity index (χ3v) is 6.21. The van der Waals surface area contributed by atoms with Gasteiger partial charge >= 0.3 is 0 Å². The fourth-order valence-electron chi connectivity index (χ4n) is 4.40. The summed E-state index contributed by atoms with van der Waals surface area (Å²) in [5.74, 6) is 3.45. The number of aromatic nitrogens is 7. The van der Waals surface area contributed by atoms with Crippen molar-refractivity contribution in [2.24, 2.45) is 0 Å². The van der Waals surface area contributed by atoms with Crippen LogP contribution in [0.5, 0.6) is 0 Å². The van der Waals surface area contributed by atoms with Crippen molar-refractivity contribution in [2.75, 3.05) is 4.90 Å². The Morgan fingerprint density at radius 1 is 1.19 bits per heavy atom. The number of nitrogens with zero attached hydrogens (tertiary/aromatic N) is 8. The van der Waals surface area contributed by atoms with Gasteiger partial charge in [0.1, 0.15) is 22.4 Å². The van der Waals surface area contributed by atoms with Gasteiger partial charge in [0.05, 0.1) is 18.4 Å². The molecule has 1 aliphatic heterocycles. The monoisotopic (exact) mass is 428 g/mol. The van der Waals surface area contributed by atoms with Crippen LogP contribution in [0.4, 0.5) is 5.82 Å². The van der Waals surface area contributed by atoms with Crippen LogP contribution >= 0.6 is 15.9 Å². The second kappa shape index (κ2) is 6.40. The van der Waals surface area contributed by atoms with E-state index in [1.165, 1.54) is 25.7 Å². The number of halogens is 1. The van der Waals surface area contributed by atoms with Gasteiger partial charge in [0.15, 0.2) is 11.6 Å². The topological polar surface area (TPSA) is 77.5 Å². The van der Waals surface area contributed by atoms with Gasteiger partial charge in [0.2, 0.25) is 5.95 Å². The second-order valence-corrected chi connectivity index (χ2v) is 7.99. The molecule has 8 nitrogen and oxygen atoms in total. The van der Waals surface area contributed by atoms with E-state index in [1.54, 1.807) is 12.5 Å². The maximum absolute atomic E-state index is 4.99. The minimum atomic E-state index is 0.177. The lowest BCUT2D eigenvalue weighted by Crippen LogP contribution is -2.42. The molecule has 0 radical (unpaired) electrons. The van der Waals surface area contributed by atoms with Gasteiger partial charge in [-0.25, -0.2) is 9.97 Å². The molecule has 0 amide bonds. The summed E-state index contributed by atoms with van der Waals surface area (Å²) in [5, 5.41) is 8.86. The predicted molar refractivity (Wildman–Crippen MR) is 104 cm³/mol. The Morgan fingerprint density at radius 2 is 2.00 bits per heavy atom. The molecule has 1 atom stereocenters. The Balaban J connectivity index is 1.73. The van der Waals surface area contributed by atoms with Crippen LogP contribution in [0, 0.1) is 6.92 Å². The van der Waals surface area contributed by atoms with E-state index in [0.717, 1.165) is 34.2 Å². The molecule has 1 saturated carbocycles. The van der Waals surface area contributed by atoms with Gasteiger partial charge in [-0.3, -0.25) is 9.13 Å². The first-order valence-electron chi connectivity index (χ1n) is 9.45. The number of hydrogen-bond donors (Lipinski definition) is 0. The van der Waals surface area contributed by atoms with E-state index >= 15 is 0 Å². The lowest BCUT2D eigenvalue weighted by molar-refractivity contribution is 0.467. The van der Waals surface area contributed by atoms with E-state index in [4.69, 9.17) is 4.98 Å². The Labute approximate surface area is 165 Å². The largest absolute Gasteiger partial charge is 0.341 e. The predicted octanol–water partition coefficient (Wildman–Crippen LogP) is 3.53. The van der Waals surface area contributed by atoms with Crippen molar-refractivity contribution in [2.45, 2.75) is 58.0 Å². The summed E-state index contributed by atoms with van der Waals surface area (Å²) in [4.78, 5) is 16.2. The lowest BCUT2D eigenvalue weighted by atomic mass is 10.0. The first kappa shape index (κ1) is 16.9. The molecular formula is C18H21BrN8. The molecule has 0 spiro atoms. The van der Waals surface area contributed by atoms with Crippen molar-refractivity contribution in [1.29, 1.82) is 0 Å². The number of hydrogen-bond acceptors (Lipinski definition) is 6. The number of fused-ring (bicyclic) bond motifs is 3. The highest BCUT2D eigenvalue weighted by Gasteiger charge is 2.39. The maximum Gasteiger partial charge on any atom is 0.237 e. The number of rotatable bonds is 3. The van der Waals surface area contributed by atoms with Crippen molar-refractivity contribution >= 4 is 21.7 Å². The lowest BCUT2D eigenvalue weighted by Gasteiger charge is -2.41. The summed E-state index contributed by atoms with van der Waals surface area (Å²) in [6, 6.07) is 0.657. The van der Waals surface area contributed by atoms with Gasteiger partial charge in [-0.2, -0.15) is 4.98 Å². The molecule has 5 rings (SSSR count). The van der Waals surface area contributed by atoms with Gasteiger partial charge in [0.25, 0.3) is 0 Å². The molecular weight excluding hydrogens is 408 g/mol. The number of imidazole rings is 1. The zero-order valence-electron chi connectivity index (χ0n) is 15.4. The molecule has 1 fully saturated rings. The maximum atomic E-state index is 4.99. The van der Waals surface area contributed by atoms with Crippen LogP contribution in [0.3, 0.4) is 0 Å². The van der Waals surface area contributed by atoms with E-state index in [9.17, 15) is 0 Å². The molecule has 3 aromatic heterocycles. The van der Waals surface area contributed by atoms with Crippen molar-refractivity contribution in [3.05, 3.63) is 35.0 Å². The highest BCUT2D eigenvalue weighted by Crippen LogP contribution is 2.43. The molecule has 140 valence electrons. The minimum absolute atomic E-state index is 0.177. The minimum Gasteiger partial charge on any atom is -0.341 e. The number of anilines is 1. The van der Waals surface area contributed by atoms with Crippen LogP contribution in [0.15, 0.2) is 23.3 Å². The smallest absolute Gasteiger partial charge is 0.237 e. The van der Waals surface area contributed by atoms with Gasteiger partial charge in [-0.05, 0) is 42.1 Å². The van der Waals surface area contributed by atoms with Crippen molar-refractivity contribution in [1.82, 2.24) is 34.3 Å². The highest BCUT2D eigenvalue weighted by atomic mass is 79.9. The van der Waals surface area contributed by atoms with Gasteiger partial charge in [-0.1, -0.05) is 19.8 Å². The zero-order chi connectivity index (χ0) is 18.5. The summed E-state index contributed by atoms with van der Waals surface area (Å²) >= 11 is 3.52. The quantitative estimate of drug-likeness (QED) is 0.634. The molecule has 27 heavy (non-hydrogen) atoms. The molecule has 0 unspecified atom stereocenters. The van der Waals surface area contributed by atoms with Crippen LogP contribution in [0.2, 0.25) is 0 Å². The van der Waals surface area contributed by atoms with Crippen molar-refractivity contribution in [3.8, 4) is 11.6 Å². The first-order chi connectivity index (χ1) is 13.2. The first-order valence-corrected chi connectivity index (χ1v) is 10.2. The van der Waals surface area contributed by atoms with Crippen LogP contribution in [-0.2, 0) is 0 Å². The van der Waals surface area contributed by atoms with Crippen molar-refractivity contribution < 1.29 is 0 Å². The fourth-order valence-corrected chi connectivity index (χ4v) is 4.77. The summed E-state index contributed by atoms with van der Waals surface area (Å²) in [6.45, 7) is 4.19. The van der Waals surface area contributed by atoms with Crippen LogP contribution in [-0.4, -0.2) is 40.3 Å². The van der Waals surface area contributed by atoms with Gasteiger partial charge in [-0.15, -0.1) is 10.2 Å². The van der Waals surface area contributed by atoms with Crippen LogP contribution in [0.25, 0.3) is 11.6 Å². The molecule has 9 heteroatoms. The molecule has 0 saturated heterocycles. The van der Waals surface area contributed by atoms with E-state index in [1.807, 2.05) is 17.7 Å². The molecule has 0 aromatic carbocycles. The molecule has 1 aliphatic carbocycles. The molecule has 3 aromatic rings. The Hall–Kier alpha value is -2.29. The van der Waals surface area contributed by atoms with Crippen LogP contribution < -0.4 is 4.90 Å². The SMILES string of the molecule is CC[C@@H]1c2nnc(C)n2-c2cnc(-n3cncc3Br)nc2N1C1CCCC1. The van der Waals surface area contributed by atoms with E-state index in [0.29, 0.717) is 12.0 Å². The Kier molecular flexibility index (Phi) is 3.99. The summed E-state index contributed by atoms with van der Waals surface area (Å²) < 4.78 is 4.79. The summed E-state index contributed by atoms with van der Waals surface area (Å²) in [7, 11) is 0. The Bertz CT molecular complexity index is 987. The molecule has 0 N–H and O–H groups in total. The molecule has 2 aliphatic rings. The number of aryl methyl sites for hydroxylation is 1.